The van der Waals surface area contributed by atoms with E-state index in [9.17, 15) is 13.2 Å². The van der Waals surface area contributed by atoms with Crippen LogP contribution in [0.25, 0.3) is 0 Å². The van der Waals surface area contributed by atoms with Gasteiger partial charge in [-0.25, -0.2) is 8.42 Å². The lowest BCUT2D eigenvalue weighted by molar-refractivity contribution is 0.0940. The maximum absolute atomic E-state index is 12.5. The summed E-state index contributed by atoms with van der Waals surface area (Å²) >= 11 is 1.47. The molecule has 1 N–H and O–H groups in total. The highest BCUT2D eigenvalue weighted by Crippen LogP contribution is 2.20. The summed E-state index contributed by atoms with van der Waals surface area (Å²) in [5.41, 5.74) is 1.49. The summed E-state index contributed by atoms with van der Waals surface area (Å²) in [7, 11) is -3.45. The van der Waals surface area contributed by atoms with Crippen molar-refractivity contribution >= 4 is 27.3 Å². The first-order chi connectivity index (χ1) is 11.4. The predicted octanol–water partition coefficient (Wildman–Crippen LogP) is 3.27. The number of hydrogen-bond donors (Lipinski definition) is 1. The van der Waals surface area contributed by atoms with Crippen LogP contribution in [0.1, 0.15) is 42.7 Å². The van der Waals surface area contributed by atoms with E-state index in [4.69, 9.17) is 0 Å². The van der Waals surface area contributed by atoms with Gasteiger partial charge in [-0.1, -0.05) is 26.0 Å². The molecule has 0 aliphatic rings. The second-order valence-corrected chi connectivity index (χ2v) is 8.08. The Morgan fingerprint density at radius 3 is 2.29 bits per heavy atom. The molecule has 0 bridgehead atoms. The largest absolute Gasteiger partial charge is 0.345 e. The molecule has 0 saturated heterocycles. The monoisotopic (exact) mass is 366 g/mol. The molecule has 2 aromatic rings. The Morgan fingerprint density at radius 2 is 1.79 bits per heavy atom. The Morgan fingerprint density at radius 1 is 1.17 bits per heavy atom. The minimum absolute atomic E-state index is 0.136. The molecule has 2 rings (SSSR count). The summed E-state index contributed by atoms with van der Waals surface area (Å²) in [5.74, 6) is -0.136. The van der Waals surface area contributed by atoms with Crippen molar-refractivity contribution in [3.8, 4) is 0 Å². The first-order valence-corrected chi connectivity index (χ1v) is 10.2. The maximum Gasteiger partial charge on any atom is 0.252 e. The molecule has 0 spiro atoms. The Kier molecular flexibility index (Phi) is 6.15. The Bertz CT molecular complexity index is 765. The van der Waals surface area contributed by atoms with E-state index >= 15 is 0 Å². The van der Waals surface area contributed by atoms with E-state index < -0.39 is 10.0 Å². The molecule has 1 amide bonds. The number of sulfonamides is 1. The van der Waals surface area contributed by atoms with Crippen LogP contribution in [0.3, 0.4) is 0 Å². The van der Waals surface area contributed by atoms with E-state index in [2.05, 4.69) is 5.32 Å². The number of nitrogens with zero attached hydrogens (tertiary/aromatic N) is 1. The second kappa shape index (κ2) is 7.92. The van der Waals surface area contributed by atoms with Gasteiger partial charge in [0.1, 0.15) is 0 Å². The highest BCUT2D eigenvalue weighted by molar-refractivity contribution is 7.89. The van der Waals surface area contributed by atoms with Crippen LogP contribution in [0.15, 0.2) is 46.0 Å². The van der Waals surface area contributed by atoms with Crippen molar-refractivity contribution < 1.29 is 13.2 Å². The number of carbonyl (C=O) groups excluding carboxylic acids is 1. The Hall–Kier alpha value is -1.70. The number of amides is 1. The number of hydrogen-bond acceptors (Lipinski definition) is 4. The van der Waals surface area contributed by atoms with Gasteiger partial charge in [0.05, 0.1) is 16.5 Å². The number of carbonyl (C=O) groups is 1. The average molecular weight is 367 g/mol. The Labute approximate surface area is 147 Å². The third-order valence-electron chi connectivity index (χ3n) is 3.85. The third-order valence-corrected chi connectivity index (χ3v) is 6.60. The first kappa shape index (κ1) is 18.6. The second-order valence-electron chi connectivity index (χ2n) is 5.37. The van der Waals surface area contributed by atoms with Gasteiger partial charge in [0.15, 0.2) is 0 Å². The van der Waals surface area contributed by atoms with Gasteiger partial charge in [-0.05, 0) is 36.1 Å². The molecule has 1 aromatic carbocycles. The summed E-state index contributed by atoms with van der Waals surface area (Å²) in [5, 5.41) is 6.56. The lowest BCUT2D eigenvalue weighted by Gasteiger charge is -2.19. The minimum atomic E-state index is -3.45. The van der Waals surface area contributed by atoms with Gasteiger partial charge >= 0.3 is 0 Å². The summed E-state index contributed by atoms with van der Waals surface area (Å²) in [4.78, 5) is 12.3. The fourth-order valence-corrected chi connectivity index (χ4v) is 4.49. The average Bonchev–Trinajstić information content (AvgIpc) is 3.10. The van der Waals surface area contributed by atoms with Crippen LogP contribution >= 0.6 is 11.3 Å². The van der Waals surface area contributed by atoms with E-state index in [-0.39, 0.29) is 16.8 Å². The molecule has 0 aliphatic heterocycles. The van der Waals surface area contributed by atoms with Gasteiger partial charge in [-0.3, -0.25) is 4.79 Å². The molecular formula is C17H22N2O3S2. The number of benzene rings is 1. The van der Waals surface area contributed by atoms with Gasteiger partial charge in [0.2, 0.25) is 10.0 Å². The SMILES string of the molecule is CCN(CC)S(=O)(=O)c1ccc(C(C)NC(=O)c2ccsc2)cc1. The van der Waals surface area contributed by atoms with Crippen molar-refractivity contribution in [3.63, 3.8) is 0 Å². The molecule has 1 aromatic heterocycles. The maximum atomic E-state index is 12.5. The number of rotatable bonds is 7. The molecule has 0 radical (unpaired) electrons. The van der Waals surface area contributed by atoms with Crippen molar-refractivity contribution in [2.45, 2.75) is 31.7 Å². The van der Waals surface area contributed by atoms with Crippen molar-refractivity contribution in [3.05, 3.63) is 52.2 Å². The van der Waals surface area contributed by atoms with Crippen molar-refractivity contribution in [1.29, 1.82) is 0 Å². The molecule has 24 heavy (non-hydrogen) atoms. The molecule has 130 valence electrons. The summed E-state index contributed by atoms with van der Waals surface area (Å²) < 4.78 is 26.4. The molecule has 7 heteroatoms. The molecule has 0 saturated carbocycles. The van der Waals surface area contributed by atoms with E-state index in [1.165, 1.54) is 15.6 Å². The number of thiophene rings is 1. The quantitative estimate of drug-likeness (QED) is 0.818. The Balaban J connectivity index is 2.13. The predicted molar refractivity (Wildman–Crippen MR) is 96.7 cm³/mol. The zero-order valence-electron chi connectivity index (χ0n) is 14.0. The van der Waals surface area contributed by atoms with Gasteiger partial charge < -0.3 is 5.32 Å². The van der Waals surface area contributed by atoms with E-state index in [0.717, 1.165) is 5.56 Å². The van der Waals surface area contributed by atoms with Gasteiger partial charge in [-0.2, -0.15) is 15.6 Å². The molecule has 1 unspecified atom stereocenters. The lowest BCUT2D eigenvalue weighted by Crippen LogP contribution is -2.30. The van der Waals surface area contributed by atoms with Crippen LogP contribution in [0.4, 0.5) is 0 Å². The zero-order valence-corrected chi connectivity index (χ0v) is 15.7. The van der Waals surface area contributed by atoms with E-state index in [1.807, 2.05) is 26.2 Å². The molecule has 5 nitrogen and oxygen atoms in total. The molecule has 1 heterocycles. The zero-order chi connectivity index (χ0) is 17.7. The topological polar surface area (TPSA) is 66.5 Å². The van der Waals surface area contributed by atoms with Crippen LogP contribution in [-0.4, -0.2) is 31.7 Å². The summed E-state index contributed by atoms with van der Waals surface area (Å²) in [6.45, 7) is 6.38. The summed E-state index contributed by atoms with van der Waals surface area (Å²) in [6.07, 6.45) is 0. The highest BCUT2D eigenvalue weighted by atomic mass is 32.2. The first-order valence-electron chi connectivity index (χ1n) is 7.83. The third kappa shape index (κ3) is 4.03. The van der Waals surface area contributed by atoms with Gasteiger partial charge in [0.25, 0.3) is 5.91 Å². The van der Waals surface area contributed by atoms with E-state index in [1.54, 1.807) is 35.7 Å². The van der Waals surface area contributed by atoms with Crippen molar-refractivity contribution in [2.24, 2.45) is 0 Å². The smallest absolute Gasteiger partial charge is 0.252 e. The van der Waals surface area contributed by atoms with Crippen LogP contribution in [-0.2, 0) is 10.0 Å². The standard InChI is InChI=1S/C17H22N2O3S2/c1-4-19(5-2)24(21,22)16-8-6-14(7-9-16)13(3)18-17(20)15-10-11-23-12-15/h6-13H,4-5H2,1-3H3,(H,18,20). The molecule has 0 aliphatic carbocycles. The van der Waals surface area contributed by atoms with Crippen LogP contribution in [0.2, 0.25) is 0 Å². The van der Waals surface area contributed by atoms with Crippen LogP contribution in [0.5, 0.6) is 0 Å². The van der Waals surface area contributed by atoms with Crippen LogP contribution in [0, 0.1) is 0 Å². The number of nitrogens with one attached hydrogen (secondary N) is 1. The van der Waals surface area contributed by atoms with Crippen molar-refractivity contribution in [2.75, 3.05) is 13.1 Å². The van der Waals surface area contributed by atoms with Gasteiger partial charge in [-0.15, -0.1) is 0 Å². The molecule has 1 atom stereocenters. The fourth-order valence-electron chi connectivity index (χ4n) is 2.40. The minimum Gasteiger partial charge on any atom is -0.345 e. The summed E-state index contributed by atoms with van der Waals surface area (Å²) in [6, 6.07) is 8.24. The highest BCUT2D eigenvalue weighted by Gasteiger charge is 2.21. The van der Waals surface area contributed by atoms with E-state index in [0.29, 0.717) is 18.7 Å². The molecular weight excluding hydrogens is 344 g/mol. The van der Waals surface area contributed by atoms with Crippen molar-refractivity contribution in [1.82, 2.24) is 9.62 Å². The van der Waals surface area contributed by atoms with Crippen LogP contribution < -0.4 is 5.32 Å². The van der Waals surface area contributed by atoms with Gasteiger partial charge in [0, 0.05) is 18.5 Å². The molecule has 0 fully saturated rings. The normalized spacial score (nSPS) is 13.0. The fraction of sp³-hybridized carbons (Fsp3) is 0.353. The lowest BCUT2D eigenvalue weighted by atomic mass is 10.1.